The molecule has 0 fully saturated rings. The minimum absolute atomic E-state index is 0.282. The molecule has 118 valence electrons. The highest BCUT2D eigenvalue weighted by atomic mass is 16.5. The van der Waals surface area contributed by atoms with E-state index in [0.717, 1.165) is 12.0 Å². The summed E-state index contributed by atoms with van der Waals surface area (Å²) in [6.07, 6.45) is 6.40. The molecule has 0 heterocycles. The van der Waals surface area contributed by atoms with E-state index in [1.54, 1.807) is 24.3 Å². The molecule has 2 rings (SSSR count). The Morgan fingerprint density at radius 1 is 1.13 bits per heavy atom. The lowest BCUT2D eigenvalue weighted by Gasteiger charge is -2.13. The van der Waals surface area contributed by atoms with Crippen LogP contribution in [-0.4, -0.2) is 5.97 Å². The van der Waals surface area contributed by atoms with E-state index in [1.807, 2.05) is 19.1 Å². The van der Waals surface area contributed by atoms with Crippen LogP contribution in [0.3, 0.4) is 0 Å². The summed E-state index contributed by atoms with van der Waals surface area (Å²) in [6, 6.07) is 15.2. The second kappa shape index (κ2) is 7.65. The Hall–Kier alpha value is -2.53. The number of terminal acetylenes is 1. The average Bonchev–Trinajstić information content (AvgIpc) is 2.54. The normalized spacial score (nSPS) is 11.8. The molecule has 0 radical (unpaired) electrons. The zero-order chi connectivity index (χ0) is 16.8. The van der Waals surface area contributed by atoms with E-state index in [0.29, 0.717) is 17.2 Å². The standard InChI is InChI=1S/C21H22O2/c1-5-17-7-6-8-20(14-17)23-21(22)16(4)19-11-9-18(10-12-19)13-15(2)3/h1,6-12,14-16H,13H2,2-4H3. The number of rotatable bonds is 5. The van der Waals surface area contributed by atoms with Crippen molar-refractivity contribution in [2.45, 2.75) is 33.1 Å². The second-order valence-corrected chi connectivity index (χ2v) is 6.15. The fourth-order valence-corrected chi connectivity index (χ4v) is 2.40. The summed E-state index contributed by atoms with van der Waals surface area (Å²) in [6.45, 7) is 6.24. The van der Waals surface area contributed by atoms with Gasteiger partial charge >= 0.3 is 5.97 Å². The van der Waals surface area contributed by atoms with Gasteiger partial charge in [-0.2, -0.15) is 0 Å². The van der Waals surface area contributed by atoms with E-state index in [1.165, 1.54) is 5.56 Å². The summed E-state index contributed by atoms with van der Waals surface area (Å²) >= 11 is 0. The highest BCUT2D eigenvalue weighted by Crippen LogP contribution is 2.21. The molecule has 0 aliphatic carbocycles. The number of esters is 1. The summed E-state index contributed by atoms with van der Waals surface area (Å²) in [5.41, 5.74) is 2.93. The molecule has 2 nitrogen and oxygen atoms in total. The van der Waals surface area contributed by atoms with Gasteiger partial charge in [-0.3, -0.25) is 4.79 Å². The predicted octanol–water partition coefficient (Wildman–Crippen LogP) is 4.58. The third kappa shape index (κ3) is 4.72. The molecular formula is C21H22O2. The molecule has 2 aromatic carbocycles. The number of hydrogen-bond acceptors (Lipinski definition) is 2. The van der Waals surface area contributed by atoms with E-state index in [2.05, 4.69) is 31.9 Å². The lowest BCUT2D eigenvalue weighted by molar-refractivity contribution is -0.135. The van der Waals surface area contributed by atoms with Crippen LogP contribution in [0.5, 0.6) is 5.75 Å². The Morgan fingerprint density at radius 3 is 2.43 bits per heavy atom. The Morgan fingerprint density at radius 2 is 1.83 bits per heavy atom. The molecule has 0 amide bonds. The van der Waals surface area contributed by atoms with Gasteiger partial charge in [-0.05, 0) is 48.6 Å². The van der Waals surface area contributed by atoms with Gasteiger partial charge in [-0.15, -0.1) is 6.42 Å². The van der Waals surface area contributed by atoms with Crippen LogP contribution in [0.25, 0.3) is 0 Å². The van der Waals surface area contributed by atoms with Gasteiger partial charge < -0.3 is 4.74 Å². The summed E-state index contributed by atoms with van der Waals surface area (Å²) in [5.74, 6) is 3.03. The zero-order valence-electron chi connectivity index (χ0n) is 13.9. The van der Waals surface area contributed by atoms with E-state index in [-0.39, 0.29) is 11.9 Å². The molecule has 2 aromatic rings. The minimum Gasteiger partial charge on any atom is -0.426 e. The highest BCUT2D eigenvalue weighted by Gasteiger charge is 2.17. The van der Waals surface area contributed by atoms with Gasteiger partial charge in [0.15, 0.2) is 0 Å². The molecule has 0 N–H and O–H groups in total. The first-order valence-electron chi connectivity index (χ1n) is 7.86. The monoisotopic (exact) mass is 306 g/mol. The summed E-state index contributed by atoms with van der Waals surface area (Å²) in [5, 5.41) is 0. The quantitative estimate of drug-likeness (QED) is 0.459. The number of benzene rings is 2. The van der Waals surface area contributed by atoms with Crippen molar-refractivity contribution >= 4 is 5.97 Å². The van der Waals surface area contributed by atoms with Crippen molar-refractivity contribution in [1.29, 1.82) is 0 Å². The average molecular weight is 306 g/mol. The molecule has 0 aromatic heterocycles. The number of ether oxygens (including phenoxy) is 1. The third-order valence-corrected chi connectivity index (χ3v) is 3.70. The van der Waals surface area contributed by atoms with Crippen LogP contribution in [0.1, 0.15) is 43.4 Å². The van der Waals surface area contributed by atoms with Crippen molar-refractivity contribution in [2.75, 3.05) is 0 Å². The van der Waals surface area contributed by atoms with Crippen molar-refractivity contribution in [2.24, 2.45) is 5.92 Å². The Bertz CT molecular complexity index is 705. The van der Waals surface area contributed by atoms with E-state index in [9.17, 15) is 4.79 Å². The number of carbonyl (C=O) groups excluding carboxylic acids is 1. The van der Waals surface area contributed by atoms with Crippen LogP contribution in [0.4, 0.5) is 0 Å². The largest absolute Gasteiger partial charge is 0.426 e. The van der Waals surface area contributed by atoms with Crippen LogP contribution < -0.4 is 4.74 Å². The van der Waals surface area contributed by atoms with Gasteiger partial charge in [0.25, 0.3) is 0 Å². The van der Waals surface area contributed by atoms with Crippen LogP contribution in [0.15, 0.2) is 48.5 Å². The van der Waals surface area contributed by atoms with Crippen molar-refractivity contribution in [3.8, 4) is 18.1 Å². The van der Waals surface area contributed by atoms with Crippen molar-refractivity contribution < 1.29 is 9.53 Å². The minimum atomic E-state index is -0.322. The summed E-state index contributed by atoms with van der Waals surface area (Å²) < 4.78 is 5.43. The van der Waals surface area contributed by atoms with E-state index in [4.69, 9.17) is 11.2 Å². The van der Waals surface area contributed by atoms with Crippen molar-refractivity contribution in [3.63, 3.8) is 0 Å². The molecule has 0 bridgehead atoms. The molecule has 1 unspecified atom stereocenters. The molecule has 0 aliphatic rings. The van der Waals surface area contributed by atoms with Crippen molar-refractivity contribution in [3.05, 3.63) is 65.2 Å². The van der Waals surface area contributed by atoms with Gasteiger partial charge in [0.05, 0.1) is 5.92 Å². The topological polar surface area (TPSA) is 26.3 Å². The maximum Gasteiger partial charge on any atom is 0.318 e. The predicted molar refractivity (Wildman–Crippen MR) is 93.4 cm³/mol. The first-order valence-corrected chi connectivity index (χ1v) is 7.86. The molecule has 23 heavy (non-hydrogen) atoms. The summed E-state index contributed by atoms with van der Waals surface area (Å²) in [4.78, 5) is 12.3. The van der Waals surface area contributed by atoms with Crippen LogP contribution in [-0.2, 0) is 11.2 Å². The lowest BCUT2D eigenvalue weighted by atomic mass is 9.97. The molecule has 0 saturated heterocycles. The summed E-state index contributed by atoms with van der Waals surface area (Å²) in [7, 11) is 0. The van der Waals surface area contributed by atoms with Crippen LogP contribution in [0.2, 0.25) is 0 Å². The number of carbonyl (C=O) groups is 1. The Kier molecular flexibility index (Phi) is 5.60. The Balaban J connectivity index is 2.05. The van der Waals surface area contributed by atoms with Crippen LogP contribution >= 0.6 is 0 Å². The van der Waals surface area contributed by atoms with Gasteiger partial charge in [-0.1, -0.05) is 50.1 Å². The van der Waals surface area contributed by atoms with Gasteiger partial charge in [0, 0.05) is 5.56 Å². The van der Waals surface area contributed by atoms with Gasteiger partial charge in [0.2, 0.25) is 0 Å². The number of hydrogen-bond donors (Lipinski definition) is 0. The molecule has 2 heteroatoms. The third-order valence-electron chi connectivity index (χ3n) is 3.70. The maximum atomic E-state index is 12.3. The maximum absolute atomic E-state index is 12.3. The van der Waals surface area contributed by atoms with Crippen molar-refractivity contribution in [1.82, 2.24) is 0 Å². The van der Waals surface area contributed by atoms with E-state index < -0.39 is 0 Å². The first-order chi connectivity index (χ1) is 11.0. The van der Waals surface area contributed by atoms with Gasteiger partial charge in [0.1, 0.15) is 5.75 Å². The zero-order valence-corrected chi connectivity index (χ0v) is 13.9. The van der Waals surface area contributed by atoms with Crippen LogP contribution in [0, 0.1) is 18.3 Å². The van der Waals surface area contributed by atoms with E-state index >= 15 is 0 Å². The Labute approximate surface area is 138 Å². The fraction of sp³-hybridized carbons (Fsp3) is 0.286. The highest BCUT2D eigenvalue weighted by molar-refractivity contribution is 5.80. The molecular weight excluding hydrogens is 284 g/mol. The lowest BCUT2D eigenvalue weighted by Crippen LogP contribution is -2.16. The molecule has 0 saturated carbocycles. The molecule has 0 aliphatic heterocycles. The molecule has 1 atom stereocenters. The van der Waals surface area contributed by atoms with Gasteiger partial charge in [-0.25, -0.2) is 0 Å². The fourth-order valence-electron chi connectivity index (χ4n) is 2.40. The first kappa shape index (κ1) is 16.8. The SMILES string of the molecule is C#Cc1cccc(OC(=O)C(C)c2ccc(CC(C)C)cc2)c1. The smallest absolute Gasteiger partial charge is 0.318 e. The second-order valence-electron chi connectivity index (χ2n) is 6.15. The molecule has 0 spiro atoms.